The number of hydrogen-bond donors (Lipinski definition) is 0. The lowest BCUT2D eigenvalue weighted by Crippen LogP contribution is -2.23. The smallest absolute Gasteiger partial charge is 0.164 e. The highest BCUT2D eigenvalue weighted by atomic mass is 16.1. The van der Waals surface area contributed by atoms with E-state index in [1.807, 2.05) is 31.2 Å². The Morgan fingerprint density at radius 3 is 2.67 bits per heavy atom. The number of aryl methyl sites for hydroxylation is 1. The Bertz CT molecular complexity index is 396. The molecular weight excluding hydrogens is 222 g/mol. The van der Waals surface area contributed by atoms with Crippen LogP contribution in [0.1, 0.15) is 42.1 Å². The molecule has 1 aliphatic heterocycles. The largest absolute Gasteiger partial charge is 0.303 e. The third-order valence-electron chi connectivity index (χ3n) is 3.98. The number of benzene rings is 1. The number of rotatable bonds is 5. The molecule has 1 unspecified atom stereocenters. The van der Waals surface area contributed by atoms with Gasteiger partial charge in [0.2, 0.25) is 0 Å². The fourth-order valence-corrected chi connectivity index (χ4v) is 2.59. The first kappa shape index (κ1) is 13.3. The van der Waals surface area contributed by atoms with Crippen molar-refractivity contribution in [3.63, 3.8) is 0 Å². The number of Topliss-reactive ketones (excluding diaryl/α,β-unsaturated/α-hetero) is 1. The molecule has 1 heterocycles. The van der Waals surface area contributed by atoms with E-state index >= 15 is 0 Å². The second-order valence-corrected chi connectivity index (χ2v) is 5.40. The molecule has 98 valence electrons. The van der Waals surface area contributed by atoms with Gasteiger partial charge in [0.05, 0.1) is 0 Å². The predicted molar refractivity (Wildman–Crippen MR) is 75.0 cm³/mol. The van der Waals surface area contributed by atoms with Gasteiger partial charge in [-0.05, 0) is 25.8 Å². The average molecular weight is 245 g/mol. The van der Waals surface area contributed by atoms with Gasteiger partial charge in [0.15, 0.2) is 5.78 Å². The Labute approximate surface area is 110 Å². The Balaban J connectivity index is 1.80. The van der Waals surface area contributed by atoms with Crippen molar-refractivity contribution < 1.29 is 4.79 Å². The topological polar surface area (TPSA) is 20.3 Å². The summed E-state index contributed by atoms with van der Waals surface area (Å²) in [6.45, 7) is 7.57. The lowest BCUT2D eigenvalue weighted by molar-refractivity contribution is 0.0968. The van der Waals surface area contributed by atoms with Gasteiger partial charge >= 0.3 is 0 Å². The molecule has 0 N–H and O–H groups in total. The molecule has 1 aromatic carbocycles. The van der Waals surface area contributed by atoms with E-state index in [-0.39, 0.29) is 5.78 Å². The molecule has 0 spiro atoms. The van der Waals surface area contributed by atoms with Crippen molar-refractivity contribution in [3.05, 3.63) is 35.4 Å². The summed E-state index contributed by atoms with van der Waals surface area (Å²) in [5.74, 6) is 1.12. The Kier molecular flexibility index (Phi) is 4.54. The summed E-state index contributed by atoms with van der Waals surface area (Å²) >= 11 is 0. The van der Waals surface area contributed by atoms with E-state index < -0.39 is 0 Å². The van der Waals surface area contributed by atoms with Crippen LogP contribution in [0, 0.1) is 12.8 Å². The highest BCUT2D eigenvalue weighted by molar-refractivity contribution is 5.96. The van der Waals surface area contributed by atoms with Gasteiger partial charge in [-0.25, -0.2) is 0 Å². The van der Waals surface area contributed by atoms with Crippen molar-refractivity contribution in [2.75, 3.05) is 19.6 Å². The minimum Gasteiger partial charge on any atom is -0.303 e. The SMILES string of the molecule is CCC1CCN(CCC(=O)c2ccc(C)cc2)C1. The summed E-state index contributed by atoms with van der Waals surface area (Å²) < 4.78 is 0. The number of carbonyl (C=O) groups is 1. The lowest BCUT2D eigenvalue weighted by atomic mass is 10.1. The fraction of sp³-hybridized carbons (Fsp3) is 0.562. The maximum Gasteiger partial charge on any atom is 0.164 e. The molecule has 2 nitrogen and oxygen atoms in total. The normalized spacial score (nSPS) is 20.2. The van der Waals surface area contributed by atoms with E-state index in [9.17, 15) is 4.79 Å². The third kappa shape index (κ3) is 3.42. The first-order valence-corrected chi connectivity index (χ1v) is 7.01. The first-order valence-electron chi connectivity index (χ1n) is 7.01. The van der Waals surface area contributed by atoms with Crippen molar-refractivity contribution in [1.29, 1.82) is 0 Å². The van der Waals surface area contributed by atoms with Crippen LogP contribution in [0.3, 0.4) is 0 Å². The predicted octanol–water partition coefficient (Wildman–Crippen LogP) is 3.30. The molecule has 0 radical (unpaired) electrons. The molecule has 1 saturated heterocycles. The van der Waals surface area contributed by atoms with E-state index in [2.05, 4.69) is 11.8 Å². The number of nitrogens with zero attached hydrogens (tertiary/aromatic N) is 1. The van der Waals surface area contributed by atoms with Gasteiger partial charge in [0.25, 0.3) is 0 Å². The van der Waals surface area contributed by atoms with Crippen LogP contribution in [0.15, 0.2) is 24.3 Å². The zero-order chi connectivity index (χ0) is 13.0. The highest BCUT2D eigenvalue weighted by Crippen LogP contribution is 2.19. The van der Waals surface area contributed by atoms with Crippen LogP contribution in [-0.2, 0) is 0 Å². The van der Waals surface area contributed by atoms with E-state index in [4.69, 9.17) is 0 Å². The van der Waals surface area contributed by atoms with E-state index in [1.165, 1.54) is 31.5 Å². The molecule has 1 fully saturated rings. The van der Waals surface area contributed by atoms with Gasteiger partial charge in [-0.15, -0.1) is 0 Å². The van der Waals surface area contributed by atoms with Crippen molar-refractivity contribution >= 4 is 5.78 Å². The summed E-state index contributed by atoms with van der Waals surface area (Å²) in [5.41, 5.74) is 2.06. The van der Waals surface area contributed by atoms with E-state index in [0.717, 1.165) is 18.0 Å². The number of carbonyl (C=O) groups excluding carboxylic acids is 1. The van der Waals surface area contributed by atoms with Crippen LogP contribution in [0.4, 0.5) is 0 Å². The summed E-state index contributed by atoms with van der Waals surface area (Å²) in [5, 5.41) is 0. The summed E-state index contributed by atoms with van der Waals surface area (Å²) in [6, 6.07) is 7.90. The molecule has 2 heteroatoms. The molecule has 0 aromatic heterocycles. The minimum absolute atomic E-state index is 0.273. The lowest BCUT2D eigenvalue weighted by Gasteiger charge is -2.14. The van der Waals surface area contributed by atoms with Gasteiger partial charge in [-0.1, -0.05) is 43.2 Å². The van der Waals surface area contributed by atoms with E-state index in [0.29, 0.717) is 6.42 Å². The first-order chi connectivity index (χ1) is 8.69. The summed E-state index contributed by atoms with van der Waals surface area (Å²) in [7, 11) is 0. The zero-order valence-electron chi connectivity index (χ0n) is 11.5. The monoisotopic (exact) mass is 245 g/mol. The standard InChI is InChI=1S/C16H23NO/c1-3-14-8-10-17(12-14)11-9-16(18)15-6-4-13(2)5-7-15/h4-7,14H,3,8-12H2,1-2H3. The third-order valence-corrected chi connectivity index (χ3v) is 3.98. The highest BCUT2D eigenvalue weighted by Gasteiger charge is 2.21. The molecule has 1 atom stereocenters. The molecule has 0 saturated carbocycles. The number of hydrogen-bond acceptors (Lipinski definition) is 2. The zero-order valence-corrected chi connectivity index (χ0v) is 11.5. The summed E-state index contributed by atoms with van der Waals surface area (Å²) in [6.07, 6.45) is 3.22. The molecule has 2 rings (SSSR count). The van der Waals surface area contributed by atoms with Gasteiger partial charge in [0, 0.05) is 25.1 Å². The molecule has 0 aliphatic carbocycles. The quantitative estimate of drug-likeness (QED) is 0.742. The molecule has 1 aromatic rings. The fourth-order valence-electron chi connectivity index (χ4n) is 2.59. The second kappa shape index (κ2) is 6.14. The number of ketones is 1. The minimum atomic E-state index is 0.273. The van der Waals surface area contributed by atoms with Crippen LogP contribution in [0.2, 0.25) is 0 Å². The van der Waals surface area contributed by atoms with Crippen LogP contribution in [0.5, 0.6) is 0 Å². The Hall–Kier alpha value is -1.15. The molecule has 0 amide bonds. The number of likely N-dealkylation sites (tertiary alicyclic amines) is 1. The Morgan fingerprint density at radius 2 is 2.06 bits per heavy atom. The Morgan fingerprint density at radius 1 is 1.33 bits per heavy atom. The maximum absolute atomic E-state index is 12.0. The molecule has 1 aliphatic rings. The van der Waals surface area contributed by atoms with Crippen molar-refractivity contribution in [2.45, 2.75) is 33.1 Å². The van der Waals surface area contributed by atoms with Crippen molar-refractivity contribution in [1.82, 2.24) is 4.90 Å². The van der Waals surface area contributed by atoms with Crippen molar-refractivity contribution in [2.24, 2.45) is 5.92 Å². The summed E-state index contributed by atoms with van der Waals surface area (Å²) in [4.78, 5) is 14.5. The van der Waals surface area contributed by atoms with Crippen LogP contribution in [-0.4, -0.2) is 30.3 Å². The molecule has 18 heavy (non-hydrogen) atoms. The second-order valence-electron chi connectivity index (χ2n) is 5.40. The van der Waals surface area contributed by atoms with Gasteiger partial charge in [0.1, 0.15) is 0 Å². The molecular formula is C16H23NO. The van der Waals surface area contributed by atoms with Crippen LogP contribution >= 0.6 is 0 Å². The van der Waals surface area contributed by atoms with E-state index in [1.54, 1.807) is 0 Å². The van der Waals surface area contributed by atoms with Gasteiger partial charge in [-0.2, -0.15) is 0 Å². The van der Waals surface area contributed by atoms with Crippen LogP contribution in [0.25, 0.3) is 0 Å². The van der Waals surface area contributed by atoms with Crippen LogP contribution < -0.4 is 0 Å². The molecule has 0 bridgehead atoms. The van der Waals surface area contributed by atoms with Crippen molar-refractivity contribution in [3.8, 4) is 0 Å². The van der Waals surface area contributed by atoms with Gasteiger partial charge < -0.3 is 4.90 Å². The average Bonchev–Trinajstić information content (AvgIpc) is 2.85. The maximum atomic E-state index is 12.0. The van der Waals surface area contributed by atoms with Gasteiger partial charge in [-0.3, -0.25) is 4.79 Å².